The summed E-state index contributed by atoms with van der Waals surface area (Å²) in [7, 11) is 0. The molecule has 0 aliphatic carbocycles. The summed E-state index contributed by atoms with van der Waals surface area (Å²) in [5, 5.41) is 0.819. The van der Waals surface area contributed by atoms with Crippen molar-refractivity contribution in [3.63, 3.8) is 0 Å². The number of nitrogen functional groups attached to an aromatic ring is 1. The van der Waals surface area contributed by atoms with Crippen LogP contribution in [0.1, 0.15) is 23.0 Å². The molecule has 0 aliphatic heterocycles. The predicted molar refractivity (Wildman–Crippen MR) is 88.4 cm³/mol. The molecule has 2 aromatic carbocycles. The standard InChI is InChI=1S/C18H18N2O2/c1-3-22-18(21)17-12(2)20(14-7-5-4-6-8-14)16-10-9-13(19)11-15(16)17/h4-11H,3,19H2,1-2H3. The van der Waals surface area contributed by atoms with Crippen molar-refractivity contribution in [3.05, 3.63) is 59.8 Å². The van der Waals surface area contributed by atoms with Crippen LogP contribution in [0.3, 0.4) is 0 Å². The van der Waals surface area contributed by atoms with Crippen LogP contribution in [0.4, 0.5) is 5.69 Å². The lowest BCUT2D eigenvalue weighted by Crippen LogP contribution is -2.07. The minimum Gasteiger partial charge on any atom is -0.462 e. The molecule has 0 amide bonds. The highest BCUT2D eigenvalue weighted by atomic mass is 16.5. The number of hydrogen-bond donors (Lipinski definition) is 1. The summed E-state index contributed by atoms with van der Waals surface area (Å²) in [5.41, 5.74) is 9.91. The summed E-state index contributed by atoms with van der Waals surface area (Å²) in [6, 6.07) is 15.5. The third kappa shape index (κ3) is 2.22. The Hall–Kier alpha value is -2.75. The Morgan fingerprint density at radius 3 is 2.59 bits per heavy atom. The maximum Gasteiger partial charge on any atom is 0.340 e. The molecule has 0 radical (unpaired) electrons. The summed E-state index contributed by atoms with van der Waals surface area (Å²) < 4.78 is 7.27. The molecule has 0 bridgehead atoms. The number of anilines is 1. The van der Waals surface area contributed by atoms with Gasteiger partial charge in [0, 0.05) is 22.5 Å². The Morgan fingerprint density at radius 1 is 1.18 bits per heavy atom. The van der Waals surface area contributed by atoms with Gasteiger partial charge in [-0.15, -0.1) is 0 Å². The van der Waals surface area contributed by atoms with Crippen molar-refractivity contribution in [2.45, 2.75) is 13.8 Å². The van der Waals surface area contributed by atoms with Crippen LogP contribution in [-0.4, -0.2) is 17.1 Å². The van der Waals surface area contributed by atoms with E-state index in [2.05, 4.69) is 4.57 Å². The van der Waals surface area contributed by atoms with Crippen LogP contribution in [0.25, 0.3) is 16.6 Å². The molecule has 3 aromatic rings. The number of esters is 1. The van der Waals surface area contributed by atoms with Gasteiger partial charge in [-0.2, -0.15) is 0 Å². The molecule has 1 aromatic heterocycles. The zero-order valence-corrected chi connectivity index (χ0v) is 12.7. The number of hydrogen-bond acceptors (Lipinski definition) is 3. The van der Waals surface area contributed by atoms with E-state index in [4.69, 9.17) is 10.5 Å². The van der Waals surface area contributed by atoms with Gasteiger partial charge in [-0.25, -0.2) is 4.79 Å². The smallest absolute Gasteiger partial charge is 0.340 e. The van der Waals surface area contributed by atoms with E-state index in [1.165, 1.54) is 0 Å². The fourth-order valence-electron chi connectivity index (χ4n) is 2.81. The van der Waals surface area contributed by atoms with E-state index in [1.807, 2.05) is 55.5 Å². The molecule has 0 saturated carbocycles. The first-order valence-corrected chi connectivity index (χ1v) is 7.26. The minimum absolute atomic E-state index is 0.315. The second-order valence-electron chi connectivity index (χ2n) is 5.13. The fraction of sp³-hybridized carbons (Fsp3) is 0.167. The summed E-state index contributed by atoms with van der Waals surface area (Å²) in [6.07, 6.45) is 0. The topological polar surface area (TPSA) is 57.2 Å². The Morgan fingerprint density at radius 2 is 1.91 bits per heavy atom. The van der Waals surface area contributed by atoms with Crippen LogP contribution in [-0.2, 0) is 4.74 Å². The van der Waals surface area contributed by atoms with Crippen LogP contribution >= 0.6 is 0 Å². The fourth-order valence-corrected chi connectivity index (χ4v) is 2.81. The lowest BCUT2D eigenvalue weighted by atomic mass is 10.1. The number of para-hydroxylation sites is 1. The lowest BCUT2D eigenvalue weighted by molar-refractivity contribution is 0.0527. The van der Waals surface area contributed by atoms with Crippen LogP contribution < -0.4 is 5.73 Å². The molecule has 112 valence electrons. The molecule has 0 aliphatic rings. The number of fused-ring (bicyclic) bond motifs is 1. The molecule has 1 heterocycles. The summed E-state index contributed by atoms with van der Waals surface area (Å²) in [4.78, 5) is 12.4. The molecular weight excluding hydrogens is 276 g/mol. The molecule has 4 heteroatoms. The van der Waals surface area contributed by atoms with E-state index in [0.29, 0.717) is 17.9 Å². The van der Waals surface area contributed by atoms with E-state index in [0.717, 1.165) is 22.3 Å². The number of rotatable bonds is 3. The van der Waals surface area contributed by atoms with Crippen molar-refractivity contribution in [2.75, 3.05) is 12.3 Å². The maximum absolute atomic E-state index is 12.4. The van der Waals surface area contributed by atoms with Gasteiger partial charge >= 0.3 is 5.97 Å². The summed E-state index contributed by atoms with van der Waals surface area (Å²) >= 11 is 0. The first-order valence-electron chi connectivity index (χ1n) is 7.26. The van der Waals surface area contributed by atoms with E-state index in [1.54, 1.807) is 6.92 Å². The summed E-state index contributed by atoms with van der Waals surface area (Å²) in [6.45, 7) is 4.08. The highest BCUT2D eigenvalue weighted by molar-refractivity contribution is 6.07. The van der Waals surface area contributed by atoms with Crippen LogP contribution in [0.5, 0.6) is 0 Å². The zero-order chi connectivity index (χ0) is 15.7. The number of nitrogens with two attached hydrogens (primary N) is 1. The molecule has 0 spiro atoms. The van der Waals surface area contributed by atoms with E-state index < -0.39 is 0 Å². The molecule has 3 rings (SSSR count). The van der Waals surface area contributed by atoms with Gasteiger partial charge in [0.1, 0.15) is 0 Å². The molecule has 22 heavy (non-hydrogen) atoms. The second kappa shape index (κ2) is 5.56. The Bertz CT molecular complexity index is 835. The number of carbonyl (C=O) groups is 1. The number of carbonyl (C=O) groups excluding carboxylic acids is 1. The molecular formula is C18H18N2O2. The summed E-state index contributed by atoms with van der Waals surface area (Å²) in [5.74, 6) is -0.315. The highest BCUT2D eigenvalue weighted by Crippen LogP contribution is 2.31. The van der Waals surface area contributed by atoms with Gasteiger partial charge in [-0.1, -0.05) is 18.2 Å². The van der Waals surface area contributed by atoms with Crippen LogP contribution in [0.15, 0.2) is 48.5 Å². The van der Waals surface area contributed by atoms with Crippen LogP contribution in [0.2, 0.25) is 0 Å². The third-order valence-electron chi connectivity index (χ3n) is 3.72. The van der Waals surface area contributed by atoms with Gasteiger partial charge in [0.05, 0.1) is 17.7 Å². The molecule has 0 unspecified atom stereocenters. The van der Waals surface area contributed by atoms with E-state index in [-0.39, 0.29) is 5.97 Å². The maximum atomic E-state index is 12.4. The number of ether oxygens (including phenoxy) is 1. The SMILES string of the molecule is CCOC(=O)c1c(C)n(-c2ccccc2)c2ccc(N)cc12. The van der Waals surface area contributed by atoms with E-state index in [9.17, 15) is 4.79 Å². The molecule has 2 N–H and O–H groups in total. The lowest BCUT2D eigenvalue weighted by Gasteiger charge is -2.08. The molecule has 4 nitrogen and oxygen atoms in total. The van der Waals surface area contributed by atoms with Crippen molar-refractivity contribution in [1.29, 1.82) is 0 Å². The van der Waals surface area contributed by atoms with Crippen molar-refractivity contribution >= 4 is 22.6 Å². The Kier molecular flexibility index (Phi) is 3.59. The minimum atomic E-state index is -0.315. The molecule has 0 saturated heterocycles. The third-order valence-corrected chi connectivity index (χ3v) is 3.72. The van der Waals surface area contributed by atoms with E-state index >= 15 is 0 Å². The van der Waals surface area contributed by atoms with Gasteiger partial charge in [0.15, 0.2) is 0 Å². The highest BCUT2D eigenvalue weighted by Gasteiger charge is 2.21. The van der Waals surface area contributed by atoms with Gasteiger partial charge in [0.25, 0.3) is 0 Å². The van der Waals surface area contributed by atoms with Crippen molar-refractivity contribution in [1.82, 2.24) is 4.57 Å². The Balaban J connectivity index is 2.34. The second-order valence-corrected chi connectivity index (χ2v) is 5.13. The number of benzene rings is 2. The Labute approximate surface area is 129 Å². The zero-order valence-electron chi connectivity index (χ0n) is 12.7. The van der Waals surface area contributed by atoms with Crippen molar-refractivity contribution < 1.29 is 9.53 Å². The quantitative estimate of drug-likeness (QED) is 0.592. The first kappa shape index (κ1) is 14.2. The van der Waals surface area contributed by atoms with Gasteiger partial charge in [-0.05, 0) is 44.2 Å². The first-order chi connectivity index (χ1) is 10.6. The average molecular weight is 294 g/mol. The largest absolute Gasteiger partial charge is 0.462 e. The van der Waals surface area contributed by atoms with Gasteiger partial charge in [-0.3, -0.25) is 0 Å². The number of aromatic nitrogens is 1. The monoisotopic (exact) mass is 294 g/mol. The van der Waals surface area contributed by atoms with Crippen LogP contribution in [0, 0.1) is 6.92 Å². The average Bonchev–Trinajstić information content (AvgIpc) is 2.79. The predicted octanol–water partition coefficient (Wildman–Crippen LogP) is 3.70. The normalized spacial score (nSPS) is 10.8. The molecule has 0 fully saturated rings. The van der Waals surface area contributed by atoms with Gasteiger partial charge in [0.2, 0.25) is 0 Å². The molecule has 0 atom stereocenters. The van der Waals surface area contributed by atoms with Crippen molar-refractivity contribution in [3.8, 4) is 5.69 Å². The van der Waals surface area contributed by atoms with Crippen molar-refractivity contribution in [2.24, 2.45) is 0 Å². The van der Waals surface area contributed by atoms with Gasteiger partial charge < -0.3 is 15.0 Å². The number of nitrogens with zero attached hydrogens (tertiary/aromatic N) is 1.